The number of nitrogens with zero attached hydrogens (tertiary/aromatic N) is 2. The van der Waals surface area contributed by atoms with E-state index in [1.165, 1.54) is 6.07 Å². The maximum atomic E-state index is 14.9. The summed E-state index contributed by atoms with van der Waals surface area (Å²) in [7, 11) is 0. The summed E-state index contributed by atoms with van der Waals surface area (Å²) in [5.41, 5.74) is 11.2. The van der Waals surface area contributed by atoms with Gasteiger partial charge in [-0.15, -0.1) is 0 Å². The van der Waals surface area contributed by atoms with E-state index in [-0.39, 0.29) is 5.82 Å². The SMILES string of the molecule is Fc1ccc2cc(-c3ccccc3)n3nc(-c4cccc(-c5ccccc5)c4)c(-c4cccc(-c5ccccc5)c4)c3c2c1. The second-order valence-electron chi connectivity index (χ2n) is 11.0. The molecule has 6 aromatic carbocycles. The Bertz CT molecular complexity index is 2270. The van der Waals surface area contributed by atoms with Crippen LogP contribution in [0.1, 0.15) is 0 Å². The average molecular weight is 567 g/mol. The summed E-state index contributed by atoms with van der Waals surface area (Å²) in [5.74, 6) is -0.273. The van der Waals surface area contributed by atoms with E-state index in [1.54, 1.807) is 6.07 Å². The minimum Gasteiger partial charge on any atom is -0.231 e. The molecule has 2 nitrogen and oxygen atoms in total. The number of pyridine rings is 1. The summed E-state index contributed by atoms with van der Waals surface area (Å²) >= 11 is 0. The van der Waals surface area contributed by atoms with Gasteiger partial charge in [-0.3, -0.25) is 0 Å². The predicted molar refractivity (Wildman–Crippen MR) is 180 cm³/mol. The second-order valence-corrected chi connectivity index (χ2v) is 11.0. The summed E-state index contributed by atoms with van der Waals surface area (Å²) in [6.45, 7) is 0. The van der Waals surface area contributed by atoms with Crippen LogP contribution < -0.4 is 0 Å². The van der Waals surface area contributed by atoms with Gasteiger partial charge in [0.1, 0.15) is 11.5 Å². The lowest BCUT2D eigenvalue weighted by molar-refractivity contribution is 0.630. The van der Waals surface area contributed by atoms with Crippen LogP contribution in [0.15, 0.2) is 164 Å². The van der Waals surface area contributed by atoms with E-state index in [9.17, 15) is 4.39 Å². The van der Waals surface area contributed by atoms with Crippen molar-refractivity contribution in [1.82, 2.24) is 9.61 Å². The van der Waals surface area contributed by atoms with Crippen LogP contribution in [0.5, 0.6) is 0 Å². The van der Waals surface area contributed by atoms with Gasteiger partial charge in [-0.05, 0) is 63.5 Å². The molecule has 2 heterocycles. The van der Waals surface area contributed by atoms with Crippen LogP contribution in [0.3, 0.4) is 0 Å². The molecule has 0 aliphatic heterocycles. The van der Waals surface area contributed by atoms with E-state index < -0.39 is 0 Å². The first-order valence-corrected chi connectivity index (χ1v) is 14.7. The van der Waals surface area contributed by atoms with Crippen LogP contribution in [0, 0.1) is 5.82 Å². The van der Waals surface area contributed by atoms with Crippen LogP contribution in [0.2, 0.25) is 0 Å². The van der Waals surface area contributed by atoms with Crippen molar-refractivity contribution in [2.75, 3.05) is 0 Å². The van der Waals surface area contributed by atoms with Crippen LogP contribution >= 0.6 is 0 Å². The molecule has 0 spiro atoms. The lowest BCUT2D eigenvalue weighted by atomic mass is 9.93. The second kappa shape index (κ2) is 10.8. The maximum absolute atomic E-state index is 14.9. The molecule has 0 amide bonds. The first kappa shape index (κ1) is 25.9. The van der Waals surface area contributed by atoms with Gasteiger partial charge >= 0.3 is 0 Å². The molecule has 0 aliphatic carbocycles. The molecule has 0 N–H and O–H groups in total. The van der Waals surface area contributed by atoms with Gasteiger partial charge in [0.2, 0.25) is 0 Å². The van der Waals surface area contributed by atoms with Gasteiger partial charge in [0, 0.05) is 22.1 Å². The monoisotopic (exact) mass is 566 g/mol. The molecule has 0 aliphatic rings. The van der Waals surface area contributed by atoms with Gasteiger partial charge in [-0.2, -0.15) is 5.10 Å². The van der Waals surface area contributed by atoms with Crippen molar-refractivity contribution in [3.8, 4) is 55.9 Å². The van der Waals surface area contributed by atoms with E-state index in [1.807, 2.05) is 40.9 Å². The van der Waals surface area contributed by atoms with Crippen molar-refractivity contribution in [3.05, 3.63) is 170 Å². The molecule has 44 heavy (non-hydrogen) atoms. The van der Waals surface area contributed by atoms with Crippen LogP contribution in [0.25, 0.3) is 72.2 Å². The molecule has 208 valence electrons. The van der Waals surface area contributed by atoms with E-state index >= 15 is 0 Å². The number of aromatic nitrogens is 2. The summed E-state index contributed by atoms with van der Waals surface area (Å²) in [5, 5.41) is 7.13. The van der Waals surface area contributed by atoms with Gasteiger partial charge in [0.05, 0.1) is 11.2 Å². The molecule has 0 radical (unpaired) electrons. The van der Waals surface area contributed by atoms with Crippen LogP contribution in [-0.2, 0) is 0 Å². The summed E-state index contributed by atoms with van der Waals surface area (Å²) in [6.07, 6.45) is 0. The average Bonchev–Trinajstić information content (AvgIpc) is 3.51. The quantitative estimate of drug-likeness (QED) is 0.203. The Labute approximate surface area is 255 Å². The van der Waals surface area contributed by atoms with E-state index in [4.69, 9.17) is 5.10 Å². The lowest BCUT2D eigenvalue weighted by Crippen LogP contribution is -1.96. The summed E-state index contributed by atoms with van der Waals surface area (Å²) < 4.78 is 17.0. The largest absolute Gasteiger partial charge is 0.231 e. The van der Waals surface area contributed by atoms with Crippen molar-refractivity contribution in [2.45, 2.75) is 0 Å². The molecule has 0 atom stereocenters. The number of hydrogen-bond acceptors (Lipinski definition) is 1. The van der Waals surface area contributed by atoms with Crippen molar-refractivity contribution in [3.63, 3.8) is 0 Å². The molecular formula is C41H27FN2. The lowest BCUT2D eigenvalue weighted by Gasteiger charge is -2.12. The highest BCUT2D eigenvalue weighted by Gasteiger charge is 2.22. The first-order valence-electron chi connectivity index (χ1n) is 14.7. The normalized spacial score (nSPS) is 11.3. The molecule has 0 unspecified atom stereocenters. The van der Waals surface area contributed by atoms with Gasteiger partial charge in [-0.25, -0.2) is 8.91 Å². The fraction of sp³-hybridized carbons (Fsp3) is 0. The highest BCUT2D eigenvalue weighted by molar-refractivity contribution is 6.09. The van der Waals surface area contributed by atoms with Gasteiger partial charge in [0.15, 0.2) is 0 Å². The fourth-order valence-corrected chi connectivity index (χ4v) is 6.16. The van der Waals surface area contributed by atoms with E-state index in [2.05, 4.69) is 115 Å². The highest BCUT2D eigenvalue weighted by Crippen LogP contribution is 2.42. The van der Waals surface area contributed by atoms with Crippen LogP contribution in [0.4, 0.5) is 4.39 Å². The topological polar surface area (TPSA) is 17.3 Å². The van der Waals surface area contributed by atoms with Crippen molar-refractivity contribution in [2.24, 2.45) is 0 Å². The minimum atomic E-state index is -0.273. The smallest absolute Gasteiger partial charge is 0.123 e. The van der Waals surface area contributed by atoms with Crippen LogP contribution in [-0.4, -0.2) is 9.61 Å². The minimum absolute atomic E-state index is 0.273. The predicted octanol–water partition coefficient (Wildman–Crippen LogP) is 11.0. The molecular weight excluding hydrogens is 539 g/mol. The van der Waals surface area contributed by atoms with Crippen molar-refractivity contribution in [1.29, 1.82) is 0 Å². The zero-order valence-corrected chi connectivity index (χ0v) is 23.9. The molecule has 0 fully saturated rings. The Morgan fingerprint density at radius 3 is 1.59 bits per heavy atom. The zero-order chi connectivity index (χ0) is 29.5. The molecule has 0 saturated heterocycles. The first-order chi connectivity index (χ1) is 21.7. The number of hydrogen-bond donors (Lipinski definition) is 0. The molecule has 3 heteroatoms. The maximum Gasteiger partial charge on any atom is 0.123 e. The van der Waals surface area contributed by atoms with Crippen molar-refractivity contribution >= 4 is 16.3 Å². The number of fused-ring (bicyclic) bond motifs is 3. The Morgan fingerprint density at radius 2 is 0.955 bits per heavy atom. The standard InChI is InChI=1S/C41H27FN2/c42-36-23-22-33-26-38(30-16-8-3-9-17-30)44-41(37(33)27-36)39(34-20-10-18-31(24-34)28-12-4-1-5-13-28)40(43-44)35-21-11-19-32(25-35)29-14-6-2-7-15-29/h1-27H. The Morgan fingerprint density at radius 1 is 0.432 bits per heavy atom. The summed E-state index contributed by atoms with van der Waals surface area (Å²) in [6, 6.07) is 55.3. The molecule has 2 aromatic heterocycles. The van der Waals surface area contributed by atoms with E-state index in [0.717, 1.165) is 72.2 Å². The van der Waals surface area contributed by atoms with E-state index in [0.29, 0.717) is 0 Å². The third kappa shape index (κ3) is 4.56. The molecule has 8 rings (SSSR count). The molecule has 0 saturated carbocycles. The van der Waals surface area contributed by atoms with Gasteiger partial charge < -0.3 is 0 Å². The Kier molecular flexibility index (Phi) is 6.35. The van der Waals surface area contributed by atoms with Gasteiger partial charge in [0.25, 0.3) is 0 Å². The molecule has 8 aromatic rings. The summed E-state index contributed by atoms with van der Waals surface area (Å²) in [4.78, 5) is 0. The zero-order valence-electron chi connectivity index (χ0n) is 23.9. The molecule has 0 bridgehead atoms. The third-order valence-electron chi connectivity index (χ3n) is 8.25. The number of rotatable bonds is 5. The third-order valence-corrected chi connectivity index (χ3v) is 8.25. The number of halogens is 1. The van der Waals surface area contributed by atoms with Gasteiger partial charge in [-0.1, -0.05) is 133 Å². The number of benzene rings is 6. The fourth-order valence-electron chi connectivity index (χ4n) is 6.16. The Balaban J connectivity index is 1.49. The highest BCUT2D eigenvalue weighted by atomic mass is 19.1. The van der Waals surface area contributed by atoms with Crippen molar-refractivity contribution < 1.29 is 4.39 Å². The Hall–Kier alpha value is -5.80.